The predicted octanol–water partition coefficient (Wildman–Crippen LogP) is 2.41. The maximum absolute atomic E-state index is 4.34. The van der Waals surface area contributed by atoms with Gasteiger partial charge in [0, 0.05) is 38.1 Å². The smallest absolute Gasteiger partial charge is 0.0650 e. The summed E-state index contributed by atoms with van der Waals surface area (Å²) in [5.41, 5.74) is 5.78. The van der Waals surface area contributed by atoms with E-state index in [1.807, 2.05) is 24.7 Å². The van der Waals surface area contributed by atoms with Crippen LogP contribution in [0.2, 0.25) is 0 Å². The molecule has 0 saturated carbocycles. The molecule has 2 N–H and O–H groups in total. The van der Waals surface area contributed by atoms with Gasteiger partial charge in [-0.15, -0.1) is 0 Å². The highest BCUT2D eigenvalue weighted by Crippen LogP contribution is 2.16. The number of aryl methyl sites for hydroxylation is 2. The van der Waals surface area contributed by atoms with Crippen LogP contribution in [0.5, 0.6) is 0 Å². The number of benzene rings is 1. The number of hydrogen-bond donors (Lipinski definition) is 2. The minimum atomic E-state index is 0.835. The standard InChI is InChI=1S/C16H19N5/c1-12-15(11-21(2)20-12)10-17-9-13-3-5-14(6-4-13)16-7-8-18-19-16/h3-8,11,17H,9-10H2,1-2H3,(H,18,19). The summed E-state index contributed by atoms with van der Waals surface area (Å²) < 4.78 is 1.85. The fourth-order valence-corrected chi connectivity index (χ4v) is 2.38. The van der Waals surface area contributed by atoms with E-state index in [4.69, 9.17) is 0 Å². The largest absolute Gasteiger partial charge is 0.308 e. The summed E-state index contributed by atoms with van der Waals surface area (Å²) in [6, 6.07) is 10.5. The Morgan fingerprint density at radius 1 is 1.14 bits per heavy atom. The van der Waals surface area contributed by atoms with Gasteiger partial charge in [0.25, 0.3) is 0 Å². The van der Waals surface area contributed by atoms with Crippen LogP contribution in [0.4, 0.5) is 0 Å². The zero-order valence-electron chi connectivity index (χ0n) is 12.3. The number of nitrogens with zero attached hydrogens (tertiary/aromatic N) is 3. The van der Waals surface area contributed by atoms with E-state index in [2.05, 4.69) is 51.1 Å². The van der Waals surface area contributed by atoms with Gasteiger partial charge >= 0.3 is 0 Å². The van der Waals surface area contributed by atoms with Crippen LogP contribution in [0.15, 0.2) is 42.7 Å². The van der Waals surface area contributed by atoms with E-state index in [1.165, 1.54) is 11.1 Å². The second-order valence-corrected chi connectivity index (χ2v) is 5.18. The predicted molar refractivity (Wildman–Crippen MR) is 82.5 cm³/mol. The van der Waals surface area contributed by atoms with Crippen molar-refractivity contribution in [3.8, 4) is 11.3 Å². The van der Waals surface area contributed by atoms with Crippen LogP contribution in [-0.2, 0) is 20.1 Å². The highest BCUT2D eigenvalue weighted by Gasteiger charge is 2.03. The molecule has 0 radical (unpaired) electrons. The van der Waals surface area contributed by atoms with E-state index in [-0.39, 0.29) is 0 Å². The molecule has 5 heteroatoms. The molecule has 0 bridgehead atoms. The lowest BCUT2D eigenvalue weighted by atomic mass is 10.1. The van der Waals surface area contributed by atoms with Gasteiger partial charge in [-0.1, -0.05) is 24.3 Å². The molecule has 5 nitrogen and oxygen atoms in total. The second kappa shape index (κ2) is 5.93. The SMILES string of the molecule is Cc1nn(C)cc1CNCc1ccc(-c2ccn[nH]2)cc1. The van der Waals surface area contributed by atoms with E-state index in [9.17, 15) is 0 Å². The van der Waals surface area contributed by atoms with Gasteiger partial charge in [0.1, 0.15) is 0 Å². The number of aromatic nitrogens is 4. The molecule has 0 aliphatic carbocycles. The second-order valence-electron chi connectivity index (χ2n) is 5.18. The zero-order valence-corrected chi connectivity index (χ0v) is 12.3. The van der Waals surface area contributed by atoms with E-state index in [0.717, 1.165) is 30.0 Å². The van der Waals surface area contributed by atoms with Crippen molar-refractivity contribution in [1.82, 2.24) is 25.3 Å². The van der Waals surface area contributed by atoms with Crippen LogP contribution >= 0.6 is 0 Å². The van der Waals surface area contributed by atoms with Crippen molar-refractivity contribution in [3.05, 3.63) is 59.5 Å². The first-order valence-corrected chi connectivity index (χ1v) is 7.01. The number of rotatable bonds is 5. The molecule has 0 amide bonds. The Balaban J connectivity index is 1.57. The van der Waals surface area contributed by atoms with Crippen LogP contribution in [0.25, 0.3) is 11.3 Å². The summed E-state index contributed by atoms with van der Waals surface area (Å²) in [5, 5.41) is 14.7. The normalized spacial score (nSPS) is 11.0. The first-order valence-electron chi connectivity index (χ1n) is 7.01. The van der Waals surface area contributed by atoms with E-state index in [0.29, 0.717) is 0 Å². The van der Waals surface area contributed by atoms with Crippen molar-refractivity contribution < 1.29 is 0 Å². The molecule has 0 saturated heterocycles. The fourth-order valence-electron chi connectivity index (χ4n) is 2.38. The minimum Gasteiger partial charge on any atom is -0.308 e. The monoisotopic (exact) mass is 281 g/mol. The van der Waals surface area contributed by atoms with Crippen LogP contribution < -0.4 is 5.32 Å². The third-order valence-electron chi connectivity index (χ3n) is 3.53. The Kier molecular flexibility index (Phi) is 3.83. The van der Waals surface area contributed by atoms with Gasteiger partial charge in [-0.25, -0.2) is 0 Å². The molecule has 3 aromatic rings. The lowest BCUT2D eigenvalue weighted by Gasteiger charge is -2.05. The average molecular weight is 281 g/mol. The summed E-state index contributed by atoms with van der Waals surface area (Å²) in [4.78, 5) is 0. The number of hydrogen-bond acceptors (Lipinski definition) is 3. The molecule has 21 heavy (non-hydrogen) atoms. The molecular formula is C16H19N5. The number of nitrogens with one attached hydrogen (secondary N) is 2. The van der Waals surface area contributed by atoms with Gasteiger partial charge in [0.05, 0.1) is 11.4 Å². The summed E-state index contributed by atoms with van der Waals surface area (Å²) >= 11 is 0. The first-order chi connectivity index (χ1) is 10.2. The Bertz CT molecular complexity index is 695. The molecule has 1 aromatic carbocycles. The fraction of sp³-hybridized carbons (Fsp3) is 0.250. The molecule has 0 aliphatic heterocycles. The molecule has 0 unspecified atom stereocenters. The van der Waals surface area contributed by atoms with Gasteiger partial charge in [0.15, 0.2) is 0 Å². The molecule has 3 rings (SSSR count). The molecular weight excluding hydrogens is 262 g/mol. The summed E-state index contributed by atoms with van der Waals surface area (Å²) in [5.74, 6) is 0. The zero-order chi connectivity index (χ0) is 14.7. The highest BCUT2D eigenvalue weighted by molar-refractivity contribution is 5.58. The van der Waals surface area contributed by atoms with Crippen molar-refractivity contribution in [2.75, 3.05) is 0 Å². The summed E-state index contributed by atoms with van der Waals surface area (Å²) in [6.45, 7) is 3.72. The molecule has 0 atom stereocenters. The van der Waals surface area contributed by atoms with E-state index < -0.39 is 0 Å². The Hall–Kier alpha value is -2.40. The molecule has 2 aromatic heterocycles. The summed E-state index contributed by atoms with van der Waals surface area (Å²) in [6.07, 6.45) is 3.82. The highest BCUT2D eigenvalue weighted by atomic mass is 15.2. The number of H-pyrrole nitrogens is 1. The van der Waals surface area contributed by atoms with Gasteiger partial charge in [-0.3, -0.25) is 9.78 Å². The first kappa shape index (κ1) is 13.6. The lowest BCUT2D eigenvalue weighted by molar-refractivity contribution is 0.690. The van der Waals surface area contributed by atoms with Crippen LogP contribution in [-0.4, -0.2) is 20.0 Å². The third-order valence-corrected chi connectivity index (χ3v) is 3.53. The van der Waals surface area contributed by atoms with Crippen LogP contribution in [0.3, 0.4) is 0 Å². The van der Waals surface area contributed by atoms with Crippen molar-refractivity contribution in [1.29, 1.82) is 0 Å². The minimum absolute atomic E-state index is 0.835. The van der Waals surface area contributed by atoms with Gasteiger partial charge < -0.3 is 5.32 Å². The van der Waals surface area contributed by atoms with Crippen LogP contribution in [0, 0.1) is 6.92 Å². The maximum Gasteiger partial charge on any atom is 0.0650 e. The quantitative estimate of drug-likeness (QED) is 0.755. The van der Waals surface area contributed by atoms with Gasteiger partial charge in [0.2, 0.25) is 0 Å². The molecule has 0 spiro atoms. The molecule has 2 heterocycles. The average Bonchev–Trinajstić information content (AvgIpc) is 3.10. The van der Waals surface area contributed by atoms with E-state index in [1.54, 1.807) is 6.20 Å². The Morgan fingerprint density at radius 3 is 2.57 bits per heavy atom. The topological polar surface area (TPSA) is 58.5 Å². The third kappa shape index (κ3) is 3.20. The van der Waals surface area contributed by atoms with Gasteiger partial charge in [-0.05, 0) is 24.1 Å². The molecule has 0 aliphatic rings. The number of aromatic amines is 1. The molecule has 0 fully saturated rings. The van der Waals surface area contributed by atoms with E-state index >= 15 is 0 Å². The summed E-state index contributed by atoms with van der Waals surface area (Å²) in [7, 11) is 1.95. The van der Waals surface area contributed by atoms with Crippen molar-refractivity contribution in [2.45, 2.75) is 20.0 Å². The van der Waals surface area contributed by atoms with Crippen molar-refractivity contribution in [3.63, 3.8) is 0 Å². The lowest BCUT2D eigenvalue weighted by Crippen LogP contribution is -2.12. The Morgan fingerprint density at radius 2 is 1.95 bits per heavy atom. The van der Waals surface area contributed by atoms with Gasteiger partial charge in [-0.2, -0.15) is 10.2 Å². The maximum atomic E-state index is 4.34. The van der Waals surface area contributed by atoms with Crippen molar-refractivity contribution in [2.24, 2.45) is 7.05 Å². The van der Waals surface area contributed by atoms with Crippen molar-refractivity contribution >= 4 is 0 Å². The van der Waals surface area contributed by atoms with Crippen LogP contribution in [0.1, 0.15) is 16.8 Å². The molecule has 108 valence electrons. The Labute approximate surface area is 124 Å².